The van der Waals surface area contributed by atoms with Crippen LogP contribution in [0.4, 0.5) is 11.5 Å². The Kier molecular flexibility index (Phi) is 4.62. The maximum absolute atomic E-state index is 11.6. The van der Waals surface area contributed by atoms with Crippen molar-refractivity contribution in [2.24, 2.45) is 0 Å². The van der Waals surface area contributed by atoms with E-state index in [9.17, 15) is 4.79 Å². The van der Waals surface area contributed by atoms with Gasteiger partial charge in [0.2, 0.25) is 0 Å². The molecule has 0 amide bonds. The summed E-state index contributed by atoms with van der Waals surface area (Å²) in [5, 5.41) is 1.09. The maximum Gasteiger partial charge on any atom is 0.337 e. The van der Waals surface area contributed by atoms with Crippen LogP contribution in [0.5, 0.6) is 0 Å². The summed E-state index contributed by atoms with van der Waals surface area (Å²) in [5.41, 5.74) is 2.65. The van der Waals surface area contributed by atoms with E-state index >= 15 is 0 Å². The Morgan fingerprint density at radius 1 is 1.07 bits per heavy atom. The molecule has 1 fully saturated rings. The molecule has 0 N–H and O–H groups in total. The van der Waals surface area contributed by atoms with Gasteiger partial charge >= 0.3 is 5.97 Å². The van der Waals surface area contributed by atoms with Crippen LogP contribution in [0, 0.1) is 0 Å². The number of esters is 1. The number of methoxy groups -OCH3 is 1. The summed E-state index contributed by atoms with van der Waals surface area (Å²) in [6.07, 6.45) is 1.64. The summed E-state index contributed by atoms with van der Waals surface area (Å²) < 4.78 is 4.77. The monoisotopic (exact) mass is 362 g/mol. The number of anilines is 2. The summed E-state index contributed by atoms with van der Waals surface area (Å²) >= 11 is 0. The van der Waals surface area contributed by atoms with Crippen molar-refractivity contribution in [2.75, 3.05) is 36.5 Å². The lowest BCUT2D eigenvalue weighted by atomic mass is 10.1. The number of hydrogen-bond acceptors (Lipinski definition) is 6. The molecule has 1 aliphatic rings. The van der Waals surface area contributed by atoms with Gasteiger partial charge in [0.1, 0.15) is 12.1 Å². The van der Waals surface area contributed by atoms with Gasteiger partial charge in [-0.25, -0.2) is 14.8 Å². The van der Waals surface area contributed by atoms with E-state index in [1.54, 1.807) is 6.33 Å². The van der Waals surface area contributed by atoms with Crippen LogP contribution in [0.2, 0.25) is 0 Å². The first-order valence-corrected chi connectivity index (χ1v) is 9.07. The molecule has 0 radical (unpaired) electrons. The van der Waals surface area contributed by atoms with E-state index in [2.05, 4.69) is 32.8 Å². The van der Waals surface area contributed by atoms with Crippen molar-refractivity contribution in [3.8, 4) is 0 Å². The molecule has 1 atom stereocenters. The van der Waals surface area contributed by atoms with Crippen molar-refractivity contribution in [2.45, 2.75) is 13.0 Å². The third-order valence-corrected chi connectivity index (χ3v) is 5.07. The van der Waals surface area contributed by atoms with Crippen molar-refractivity contribution < 1.29 is 9.53 Å². The Morgan fingerprint density at radius 2 is 1.85 bits per heavy atom. The predicted molar refractivity (Wildman–Crippen MR) is 106 cm³/mol. The highest BCUT2D eigenvalue weighted by molar-refractivity contribution is 5.90. The molecular formula is C21H22N4O2. The molecule has 1 saturated heterocycles. The van der Waals surface area contributed by atoms with Gasteiger partial charge in [0.25, 0.3) is 0 Å². The number of rotatable bonds is 3. The van der Waals surface area contributed by atoms with Gasteiger partial charge in [-0.3, -0.25) is 0 Å². The Hall–Kier alpha value is -3.15. The average molecular weight is 362 g/mol. The minimum absolute atomic E-state index is 0.303. The van der Waals surface area contributed by atoms with Gasteiger partial charge in [0, 0.05) is 36.7 Å². The molecule has 6 nitrogen and oxygen atoms in total. The normalized spacial score (nSPS) is 17.2. The first kappa shape index (κ1) is 17.3. The maximum atomic E-state index is 11.6. The van der Waals surface area contributed by atoms with E-state index in [-0.39, 0.29) is 5.97 Å². The number of carbonyl (C=O) groups is 1. The molecular weight excluding hydrogens is 340 g/mol. The third-order valence-electron chi connectivity index (χ3n) is 5.07. The number of nitrogens with zero attached hydrogens (tertiary/aromatic N) is 4. The van der Waals surface area contributed by atoms with E-state index in [1.165, 1.54) is 7.11 Å². The third kappa shape index (κ3) is 3.30. The summed E-state index contributed by atoms with van der Waals surface area (Å²) in [7, 11) is 1.40. The molecule has 3 aromatic rings. The molecule has 2 aromatic carbocycles. The van der Waals surface area contributed by atoms with Crippen LogP contribution in [0.25, 0.3) is 10.9 Å². The Bertz CT molecular complexity index is 953. The summed E-state index contributed by atoms with van der Waals surface area (Å²) in [6.45, 7) is 4.86. The average Bonchev–Trinajstić information content (AvgIpc) is 2.73. The molecule has 0 aliphatic carbocycles. The lowest BCUT2D eigenvalue weighted by Gasteiger charge is -2.42. The van der Waals surface area contributed by atoms with Gasteiger partial charge in [-0.1, -0.05) is 12.1 Å². The highest BCUT2D eigenvalue weighted by atomic mass is 16.5. The van der Waals surface area contributed by atoms with Crippen LogP contribution in [0.15, 0.2) is 54.9 Å². The number of carbonyl (C=O) groups excluding carboxylic acids is 1. The number of para-hydroxylation sites is 1. The van der Waals surface area contributed by atoms with Gasteiger partial charge < -0.3 is 14.5 Å². The van der Waals surface area contributed by atoms with E-state index in [1.807, 2.05) is 42.5 Å². The minimum atomic E-state index is -0.310. The molecule has 0 spiro atoms. The number of fused-ring (bicyclic) bond motifs is 1. The second-order valence-electron chi connectivity index (χ2n) is 6.74. The Labute approximate surface area is 158 Å². The zero-order chi connectivity index (χ0) is 18.8. The number of benzene rings is 2. The van der Waals surface area contributed by atoms with E-state index in [0.717, 1.165) is 42.0 Å². The van der Waals surface area contributed by atoms with Gasteiger partial charge in [-0.05, 0) is 43.3 Å². The molecule has 4 rings (SSSR count). The summed E-state index contributed by atoms with van der Waals surface area (Å²) in [5.74, 6) is 0.684. The van der Waals surface area contributed by atoms with Crippen LogP contribution in [0.3, 0.4) is 0 Å². The summed E-state index contributed by atoms with van der Waals surface area (Å²) in [6, 6.07) is 16.0. The largest absolute Gasteiger partial charge is 0.465 e. The van der Waals surface area contributed by atoms with Crippen LogP contribution < -0.4 is 9.80 Å². The second-order valence-corrected chi connectivity index (χ2v) is 6.74. The van der Waals surface area contributed by atoms with Crippen molar-refractivity contribution in [3.63, 3.8) is 0 Å². The zero-order valence-electron chi connectivity index (χ0n) is 15.5. The van der Waals surface area contributed by atoms with Crippen LogP contribution in [0.1, 0.15) is 17.3 Å². The van der Waals surface area contributed by atoms with E-state index < -0.39 is 0 Å². The zero-order valence-corrected chi connectivity index (χ0v) is 15.5. The van der Waals surface area contributed by atoms with Gasteiger partial charge in [0.15, 0.2) is 0 Å². The molecule has 0 bridgehead atoms. The number of ether oxygens (including phenoxy) is 1. The Morgan fingerprint density at radius 3 is 2.59 bits per heavy atom. The first-order valence-electron chi connectivity index (χ1n) is 9.07. The molecule has 2 heterocycles. The smallest absolute Gasteiger partial charge is 0.337 e. The van der Waals surface area contributed by atoms with Gasteiger partial charge in [-0.15, -0.1) is 0 Å². The fourth-order valence-electron chi connectivity index (χ4n) is 3.65. The van der Waals surface area contributed by atoms with Crippen molar-refractivity contribution in [1.82, 2.24) is 9.97 Å². The lowest BCUT2D eigenvalue weighted by molar-refractivity contribution is 0.0601. The minimum Gasteiger partial charge on any atom is -0.465 e. The lowest BCUT2D eigenvalue weighted by Crippen LogP contribution is -2.52. The topological polar surface area (TPSA) is 58.6 Å². The molecule has 6 heteroatoms. The molecule has 1 aliphatic heterocycles. The highest BCUT2D eigenvalue weighted by Gasteiger charge is 2.26. The molecule has 27 heavy (non-hydrogen) atoms. The highest BCUT2D eigenvalue weighted by Crippen LogP contribution is 2.27. The SMILES string of the molecule is COC(=O)c1ccc(N2CCN(c3ncnc4ccccc34)C(C)C2)cc1. The fourth-order valence-corrected chi connectivity index (χ4v) is 3.65. The first-order chi connectivity index (χ1) is 13.2. The van der Waals surface area contributed by atoms with Gasteiger partial charge in [0.05, 0.1) is 18.2 Å². The van der Waals surface area contributed by atoms with Crippen LogP contribution in [-0.4, -0.2) is 48.7 Å². The van der Waals surface area contributed by atoms with Crippen molar-refractivity contribution >= 4 is 28.4 Å². The molecule has 1 unspecified atom stereocenters. The molecule has 138 valence electrons. The van der Waals surface area contributed by atoms with Gasteiger partial charge in [-0.2, -0.15) is 0 Å². The summed E-state index contributed by atoms with van der Waals surface area (Å²) in [4.78, 5) is 25.2. The standard InChI is InChI=1S/C21H22N4O2/c1-15-13-24(17-9-7-16(8-10-17)21(26)27-2)11-12-25(15)20-18-5-3-4-6-19(18)22-14-23-20/h3-10,14-15H,11-13H2,1-2H3. The number of aromatic nitrogens is 2. The fraction of sp³-hybridized carbons (Fsp3) is 0.286. The van der Waals surface area contributed by atoms with Crippen LogP contribution in [-0.2, 0) is 4.74 Å². The predicted octanol–water partition coefficient (Wildman–Crippen LogP) is 3.13. The van der Waals surface area contributed by atoms with Crippen molar-refractivity contribution in [1.29, 1.82) is 0 Å². The second kappa shape index (κ2) is 7.23. The van der Waals surface area contributed by atoms with Crippen molar-refractivity contribution in [3.05, 3.63) is 60.4 Å². The number of piperazine rings is 1. The molecule has 0 saturated carbocycles. The Balaban J connectivity index is 1.53. The van der Waals surface area contributed by atoms with E-state index in [0.29, 0.717) is 11.6 Å². The van der Waals surface area contributed by atoms with Crippen LogP contribution >= 0.6 is 0 Å². The number of hydrogen-bond donors (Lipinski definition) is 0. The van der Waals surface area contributed by atoms with E-state index in [4.69, 9.17) is 4.74 Å². The quantitative estimate of drug-likeness (QED) is 0.667. The molecule has 1 aromatic heterocycles.